The zero-order valence-corrected chi connectivity index (χ0v) is 16.7. The quantitative estimate of drug-likeness (QED) is 0.473. The number of nitrogens with zero attached hydrogens (tertiary/aromatic N) is 1. The summed E-state index contributed by atoms with van der Waals surface area (Å²) in [7, 11) is 1.59. The number of halogens is 1. The molecule has 1 aliphatic rings. The summed E-state index contributed by atoms with van der Waals surface area (Å²) in [5, 5.41) is 0. The van der Waals surface area contributed by atoms with E-state index < -0.39 is 0 Å². The van der Waals surface area contributed by atoms with E-state index in [2.05, 4.69) is 18.0 Å². The molecule has 146 valence electrons. The molecule has 0 aliphatic heterocycles. The van der Waals surface area contributed by atoms with Gasteiger partial charge in [-0.1, -0.05) is 38.7 Å². The lowest BCUT2D eigenvalue weighted by Crippen LogP contribution is -2.14. The number of pyridine rings is 1. The van der Waals surface area contributed by atoms with Gasteiger partial charge in [0.1, 0.15) is 5.82 Å². The van der Waals surface area contributed by atoms with E-state index >= 15 is 0 Å². The van der Waals surface area contributed by atoms with Gasteiger partial charge in [-0.2, -0.15) is 0 Å². The van der Waals surface area contributed by atoms with E-state index in [1.807, 2.05) is 24.4 Å². The van der Waals surface area contributed by atoms with E-state index in [0.717, 1.165) is 17.2 Å². The largest absolute Gasteiger partial charge is 0.380 e. The lowest BCUT2D eigenvalue weighted by atomic mass is 9.76. The summed E-state index contributed by atoms with van der Waals surface area (Å²) >= 11 is 0. The Kier molecular flexibility index (Phi) is 7.40. The predicted molar refractivity (Wildman–Crippen MR) is 109 cm³/mol. The Morgan fingerprint density at radius 2 is 1.93 bits per heavy atom. The molecule has 0 radical (unpaired) electrons. The number of unbranched alkanes of at least 4 members (excludes halogenated alkanes) is 2. The Morgan fingerprint density at radius 3 is 2.67 bits per heavy atom. The van der Waals surface area contributed by atoms with Crippen molar-refractivity contribution >= 4 is 0 Å². The minimum atomic E-state index is -0.217. The van der Waals surface area contributed by atoms with E-state index in [1.165, 1.54) is 63.0 Å². The zero-order chi connectivity index (χ0) is 19.1. The summed E-state index contributed by atoms with van der Waals surface area (Å²) in [4.78, 5) is 4.67. The average Bonchev–Trinajstić information content (AvgIpc) is 2.71. The van der Waals surface area contributed by atoms with Crippen LogP contribution in [-0.2, 0) is 11.3 Å². The Bertz CT molecular complexity index is 722. The van der Waals surface area contributed by atoms with E-state index in [1.54, 1.807) is 7.11 Å². The van der Waals surface area contributed by atoms with Crippen LogP contribution in [0.5, 0.6) is 0 Å². The number of hydrogen-bond donors (Lipinski definition) is 0. The van der Waals surface area contributed by atoms with Gasteiger partial charge in [0.15, 0.2) is 0 Å². The topological polar surface area (TPSA) is 22.1 Å². The van der Waals surface area contributed by atoms with Crippen molar-refractivity contribution in [2.45, 2.75) is 70.8 Å². The van der Waals surface area contributed by atoms with Crippen LogP contribution in [0.15, 0.2) is 36.5 Å². The van der Waals surface area contributed by atoms with Crippen molar-refractivity contribution in [3.05, 3.63) is 53.5 Å². The van der Waals surface area contributed by atoms with Gasteiger partial charge in [0.05, 0.1) is 12.3 Å². The van der Waals surface area contributed by atoms with Crippen molar-refractivity contribution in [1.82, 2.24) is 4.98 Å². The SMILES string of the molecule is CCCCC[C@H]1CC[C@H](c2cccnc2-c2ccc(F)c(COC)c2)CC1. The molecule has 1 aromatic heterocycles. The van der Waals surface area contributed by atoms with E-state index in [9.17, 15) is 4.39 Å². The maximum Gasteiger partial charge on any atom is 0.128 e. The second-order valence-electron chi connectivity index (χ2n) is 7.89. The highest BCUT2D eigenvalue weighted by molar-refractivity contribution is 5.64. The highest BCUT2D eigenvalue weighted by Crippen LogP contribution is 2.40. The minimum absolute atomic E-state index is 0.217. The van der Waals surface area contributed by atoms with Crippen LogP contribution in [0.2, 0.25) is 0 Å². The fourth-order valence-electron chi connectivity index (χ4n) is 4.42. The van der Waals surface area contributed by atoms with Crippen molar-refractivity contribution in [3.8, 4) is 11.3 Å². The van der Waals surface area contributed by atoms with Crippen molar-refractivity contribution in [2.75, 3.05) is 7.11 Å². The molecule has 2 aromatic rings. The van der Waals surface area contributed by atoms with Crippen molar-refractivity contribution in [3.63, 3.8) is 0 Å². The van der Waals surface area contributed by atoms with Crippen LogP contribution >= 0.6 is 0 Å². The van der Waals surface area contributed by atoms with Gasteiger partial charge in [0, 0.05) is 24.4 Å². The van der Waals surface area contributed by atoms with Crippen LogP contribution in [0.3, 0.4) is 0 Å². The van der Waals surface area contributed by atoms with Crippen LogP contribution in [0.4, 0.5) is 4.39 Å². The van der Waals surface area contributed by atoms with Gasteiger partial charge in [0.25, 0.3) is 0 Å². The molecule has 3 rings (SSSR count). The van der Waals surface area contributed by atoms with Gasteiger partial charge in [-0.3, -0.25) is 4.98 Å². The summed E-state index contributed by atoms with van der Waals surface area (Å²) in [5.74, 6) is 1.24. The highest BCUT2D eigenvalue weighted by Gasteiger charge is 2.24. The molecular formula is C24H32FNO. The Labute approximate surface area is 163 Å². The molecule has 3 heteroatoms. The number of benzene rings is 1. The van der Waals surface area contributed by atoms with Crippen LogP contribution in [0.25, 0.3) is 11.3 Å². The first kappa shape index (κ1) is 20.0. The first-order valence-electron chi connectivity index (χ1n) is 10.5. The van der Waals surface area contributed by atoms with Gasteiger partial charge >= 0.3 is 0 Å². The summed E-state index contributed by atoms with van der Waals surface area (Å²) in [6.45, 7) is 2.55. The lowest BCUT2D eigenvalue weighted by Gasteiger charge is -2.29. The maximum absolute atomic E-state index is 14.0. The molecule has 1 aliphatic carbocycles. The second kappa shape index (κ2) is 9.98. The number of hydrogen-bond acceptors (Lipinski definition) is 2. The first-order chi connectivity index (χ1) is 13.2. The molecule has 0 bridgehead atoms. The Hall–Kier alpha value is -1.74. The number of methoxy groups -OCH3 is 1. The third-order valence-corrected chi connectivity index (χ3v) is 5.96. The van der Waals surface area contributed by atoms with E-state index in [-0.39, 0.29) is 12.4 Å². The van der Waals surface area contributed by atoms with Crippen LogP contribution in [0, 0.1) is 11.7 Å². The Morgan fingerprint density at radius 1 is 1.11 bits per heavy atom. The van der Waals surface area contributed by atoms with Crippen molar-refractivity contribution in [2.24, 2.45) is 5.92 Å². The van der Waals surface area contributed by atoms with Gasteiger partial charge in [0.2, 0.25) is 0 Å². The third-order valence-electron chi connectivity index (χ3n) is 5.96. The summed E-state index contributed by atoms with van der Waals surface area (Å²) in [5.41, 5.74) is 3.90. The first-order valence-corrected chi connectivity index (χ1v) is 10.5. The molecule has 27 heavy (non-hydrogen) atoms. The molecular weight excluding hydrogens is 337 g/mol. The van der Waals surface area contributed by atoms with Crippen LogP contribution < -0.4 is 0 Å². The van der Waals surface area contributed by atoms with Gasteiger partial charge in [-0.25, -0.2) is 4.39 Å². The summed E-state index contributed by atoms with van der Waals surface area (Å²) in [6, 6.07) is 9.51. The molecule has 0 unspecified atom stereocenters. The summed E-state index contributed by atoms with van der Waals surface area (Å²) in [6.07, 6.45) is 12.4. The molecule has 0 amide bonds. The molecule has 2 nitrogen and oxygen atoms in total. The number of aromatic nitrogens is 1. The molecule has 0 saturated heterocycles. The predicted octanol–water partition coefficient (Wildman–Crippen LogP) is 6.89. The van der Waals surface area contributed by atoms with E-state index in [0.29, 0.717) is 11.5 Å². The molecule has 1 fully saturated rings. The average molecular weight is 370 g/mol. The molecule has 1 heterocycles. The highest BCUT2D eigenvalue weighted by atomic mass is 19.1. The standard InChI is InChI=1S/C24H32FNO/c1-3-4-5-7-18-9-11-19(12-10-18)22-8-6-15-26-24(22)20-13-14-23(25)21(16-20)17-27-2/h6,8,13-16,18-19H,3-5,7,9-12,17H2,1-2H3/t18-,19-. The normalized spacial score (nSPS) is 20.0. The molecule has 0 atom stereocenters. The molecule has 0 N–H and O–H groups in total. The maximum atomic E-state index is 14.0. The summed E-state index contributed by atoms with van der Waals surface area (Å²) < 4.78 is 19.1. The van der Waals surface area contributed by atoms with E-state index in [4.69, 9.17) is 4.74 Å². The zero-order valence-electron chi connectivity index (χ0n) is 16.7. The second-order valence-corrected chi connectivity index (χ2v) is 7.89. The molecule has 0 spiro atoms. The fourth-order valence-corrected chi connectivity index (χ4v) is 4.42. The number of rotatable bonds is 8. The van der Waals surface area contributed by atoms with Gasteiger partial charge in [-0.15, -0.1) is 0 Å². The van der Waals surface area contributed by atoms with Gasteiger partial charge in [-0.05, 0) is 67.3 Å². The monoisotopic (exact) mass is 369 g/mol. The molecule has 1 saturated carbocycles. The van der Waals surface area contributed by atoms with Crippen molar-refractivity contribution < 1.29 is 9.13 Å². The minimum Gasteiger partial charge on any atom is -0.380 e. The van der Waals surface area contributed by atoms with Crippen LogP contribution in [0.1, 0.15) is 75.3 Å². The van der Waals surface area contributed by atoms with Crippen LogP contribution in [-0.4, -0.2) is 12.1 Å². The van der Waals surface area contributed by atoms with Gasteiger partial charge < -0.3 is 4.74 Å². The van der Waals surface area contributed by atoms with Crippen molar-refractivity contribution in [1.29, 1.82) is 0 Å². The fraction of sp³-hybridized carbons (Fsp3) is 0.542. The molecule has 1 aromatic carbocycles. The number of ether oxygens (including phenoxy) is 1. The lowest BCUT2D eigenvalue weighted by molar-refractivity contribution is 0.181. The third kappa shape index (κ3) is 5.16. The smallest absolute Gasteiger partial charge is 0.128 e. The Balaban J connectivity index is 1.75.